The molecule has 6 rings (SSSR count). The number of para-hydroxylation sites is 4. The number of hydrogen-bond donors (Lipinski definition) is 1. The quantitative estimate of drug-likeness (QED) is 0.344. The Morgan fingerprint density at radius 3 is 2.21 bits per heavy atom. The van der Waals surface area contributed by atoms with Crippen molar-refractivity contribution in [1.82, 2.24) is 4.98 Å². The van der Waals surface area contributed by atoms with E-state index in [1.165, 1.54) is 0 Å². The van der Waals surface area contributed by atoms with Gasteiger partial charge in [-0.2, -0.15) is 0 Å². The first-order valence-electron chi connectivity index (χ1n) is 9.45. The largest absolute Gasteiger partial charge is 0.455 e. The molecule has 0 spiro atoms. The van der Waals surface area contributed by atoms with Gasteiger partial charge in [0.1, 0.15) is 16.7 Å². The van der Waals surface area contributed by atoms with E-state index in [9.17, 15) is 0 Å². The Morgan fingerprint density at radius 2 is 1.28 bits per heavy atom. The van der Waals surface area contributed by atoms with Crippen molar-refractivity contribution in [3.8, 4) is 22.6 Å². The van der Waals surface area contributed by atoms with Crippen LogP contribution in [0.4, 0.5) is 5.69 Å². The van der Waals surface area contributed by atoms with E-state index in [2.05, 4.69) is 24.3 Å². The van der Waals surface area contributed by atoms with Gasteiger partial charge in [-0.05, 0) is 24.3 Å². The van der Waals surface area contributed by atoms with E-state index in [-0.39, 0.29) is 0 Å². The molecule has 0 bridgehead atoms. The van der Waals surface area contributed by atoms with Crippen LogP contribution in [0.3, 0.4) is 0 Å². The molecular weight excluding hydrogens is 360 g/mol. The Balaban J connectivity index is 1.63. The highest BCUT2D eigenvalue weighted by Gasteiger charge is 2.17. The molecule has 4 nitrogen and oxygen atoms in total. The summed E-state index contributed by atoms with van der Waals surface area (Å²) in [6.07, 6.45) is 0. The molecule has 0 radical (unpaired) electrons. The Labute approximate surface area is 166 Å². The molecule has 138 valence electrons. The van der Waals surface area contributed by atoms with Crippen LogP contribution in [0.1, 0.15) is 0 Å². The first kappa shape index (κ1) is 16.0. The highest BCUT2D eigenvalue weighted by molar-refractivity contribution is 6.11. The molecule has 0 aliphatic rings. The summed E-state index contributed by atoms with van der Waals surface area (Å²) in [5.74, 6) is 0.516. The summed E-state index contributed by atoms with van der Waals surface area (Å²) in [5.41, 5.74) is 12.7. The predicted octanol–water partition coefficient (Wildman–Crippen LogP) is 6.64. The summed E-state index contributed by atoms with van der Waals surface area (Å²) in [6.45, 7) is 0. The normalized spacial score (nSPS) is 11.6. The Kier molecular flexibility index (Phi) is 3.29. The number of nitrogen functional groups attached to an aromatic ring is 1. The van der Waals surface area contributed by atoms with Crippen LogP contribution in [0.5, 0.6) is 0 Å². The van der Waals surface area contributed by atoms with E-state index in [0.29, 0.717) is 17.2 Å². The van der Waals surface area contributed by atoms with Crippen LogP contribution in [-0.4, -0.2) is 4.98 Å². The third-order valence-electron chi connectivity index (χ3n) is 5.30. The van der Waals surface area contributed by atoms with Gasteiger partial charge >= 0.3 is 0 Å². The summed E-state index contributed by atoms with van der Waals surface area (Å²) in [4.78, 5) is 4.79. The van der Waals surface area contributed by atoms with Crippen LogP contribution in [0.25, 0.3) is 55.6 Å². The monoisotopic (exact) mass is 376 g/mol. The van der Waals surface area contributed by atoms with Crippen molar-refractivity contribution in [3.63, 3.8) is 0 Å². The molecule has 4 heteroatoms. The van der Waals surface area contributed by atoms with Crippen LogP contribution in [0.15, 0.2) is 93.8 Å². The van der Waals surface area contributed by atoms with Crippen molar-refractivity contribution in [2.75, 3.05) is 5.73 Å². The number of anilines is 1. The average molecular weight is 376 g/mol. The second-order valence-electron chi connectivity index (χ2n) is 7.04. The topological polar surface area (TPSA) is 65.2 Å². The van der Waals surface area contributed by atoms with Crippen LogP contribution in [0.2, 0.25) is 0 Å². The van der Waals surface area contributed by atoms with Gasteiger partial charge in [-0.3, -0.25) is 0 Å². The zero-order valence-electron chi connectivity index (χ0n) is 15.4. The number of rotatable bonds is 2. The summed E-state index contributed by atoms with van der Waals surface area (Å²) >= 11 is 0. The van der Waals surface area contributed by atoms with Crippen molar-refractivity contribution < 1.29 is 8.83 Å². The van der Waals surface area contributed by atoms with Crippen LogP contribution < -0.4 is 5.73 Å². The zero-order chi connectivity index (χ0) is 19.4. The SMILES string of the molecule is Nc1ccccc1-c1nc2c(-c3cccc4c3oc3ccccc34)cccc2o1. The van der Waals surface area contributed by atoms with E-state index < -0.39 is 0 Å². The standard InChI is InChI=1S/C25H16N2O2/c26-20-12-3-1-8-19(20)25-27-23-16(9-6-14-22(23)29-25)18-11-5-10-17-15-7-2-4-13-21(15)28-24(17)18/h1-14H,26H2. The van der Waals surface area contributed by atoms with Gasteiger partial charge in [0.05, 0.1) is 5.56 Å². The molecule has 2 aromatic heterocycles. The average Bonchev–Trinajstić information content (AvgIpc) is 3.35. The predicted molar refractivity (Wildman–Crippen MR) is 117 cm³/mol. The fourth-order valence-electron chi connectivity index (χ4n) is 3.93. The second-order valence-corrected chi connectivity index (χ2v) is 7.04. The van der Waals surface area contributed by atoms with Gasteiger partial charge in [-0.15, -0.1) is 0 Å². The molecule has 2 heterocycles. The fraction of sp³-hybridized carbons (Fsp3) is 0. The Morgan fingerprint density at radius 1 is 0.586 bits per heavy atom. The molecular formula is C25H16N2O2. The van der Waals surface area contributed by atoms with Gasteiger partial charge in [0.25, 0.3) is 0 Å². The number of nitrogens with two attached hydrogens (primary N) is 1. The Bertz CT molecular complexity index is 1520. The van der Waals surface area contributed by atoms with Crippen molar-refractivity contribution >= 4 is 38.7 Å². The molecule has 0 aliphatic carbocycles. The molecule has 0 atom stereocenters. The number of hydrogen-bond acceptors (Lipinski definition) is 4. The molecule has 2 N–H and O–H groups in total. The highest BCUT2D eigenvalue weighted by Crippen LogP contribution is 2.39. The van der Waals surface area contributed by atoms with E-state index in [0.717, 1.165) is 44.1 Å². The molecule has 29 heavy (non-hydrogen) atoms. The zero-order valence-corrected chi connectivity index (χ0v) is 15.4. The number of fused-ring (bicyclic) bond motifs is 4. The van der Waals surface area contributed by atoms with E-state index >= 15 is 0 Å². The van der Waals surface area contributed by atoms with E-state index in [1.807, 2.05) is 60.7 Å². The maximum absolute atomic E-state index is 6.22. The minimum Gasteiger partial charge on any atom is -0.455 e. The number of furan rings is 1. The van der Waals surface area contributed by atoms with Crippen LogP contribution in [-0.2, 0) is 0 Å². The number of aromatic nitrogens is 1. The van der Waals surface area contributed by atoms with Gasteiger partial charge in [-0.1, -0.05) is 60.7 Å². The van der Waals surface area contributed by atoms with Crippen molar-refractivity contribution in [2.45, 2.75) is 0 Å². The lowest BCUT2D eigenvalue weighted by molar-refractivity contribution is 0.620. The number of oxazole rings is 1. The van der Waals surface area contributed by atoms with E-state index in [1.54, 1.807) is 0 Å². The van der Waals surface area contributed by atoms with E-state index in [4.69, 9.17) is 19.6 Å². The lowest BCUT2D eigenvalue weighted by atomic mass is 10.0. The molecule has 6 aromatic rings. The van der Waals surface area contributed by atoms with Crippen molar-refractivity contribution in [2.24, 2.45) is 0 Å². The second kappa shape index (κ2) is 5.97. The molecule has 0 fully saturated rings. The molecule has 0 aliphatic heterocycles. The van der Waals surface area contributed by atoms with Gasteiger partial charge in [0.2, 0.25) is 5.89 Å². The fourth-order valence-corrected chi connectivity index (χ4v) is 3.93. The Hall–Kier alpha value is -4.05. The van der Waals surface area contributed by atoms with Gasteiger partial charge in [-0.25, -0.2) is 4.98 Å². The molecule has 0 saturated heterocycles. The minimum atomic E-state index is 0.516. The van der Waals surface area contributed by atoms with Crippen LogP contribution in [0, 0.1) is 0 Å². The third kappa shape index (κ3) is 2.36. The minimum absolute atomic E-state index is 0.516. The van der Waals surface area contributed by atoms with Gasteiger partial charge < -0.3 is 14.6 Å². The molecule has 0 unspecified atom stereocenters. The first-order valence-corrected chi connectivity index (χ1v) is 9.45. The van der Waals surface area contributed by atoms with Crippen LogP contribution >= 0.6 is 0 Å². The first-order chi connectivity index (χ1) is 14.3. The third-order valence-corrected chi connectivity index (χ3v) is 5.30. The lowest BCUT2D eigenvalue weighted by Gasteiger charge is -2.03. The number of nitrogens with zero attached hydrogens (tertiary/aromatic N) is 1. The summed E-state index contributed by atoms with van der Waals surface area (Å²) < 4.78 is 12.3. The molecule has 0 amide bonds. The van der Waals surface area contributed by atoms with Crippen molar-refractivity contribution in [3.05, 3.63) is 84.9 Å². The maximum Gasteiger partial charge on any atom is 0.229 e. The van der Waals surface area contributed by atoms with Gasteiger partial charge in [0, 0.05) is 27.6 Å². The lowest BCUT2D eigenvalue weighted by Crippen LogP contribution is -1.89. The van der Waals surface area contributed by atoms with Crippen molar-refractivity contribution in [1.29, 1.82) is 0 Å². The smallest absolute Gasteiger partial charge is 0.229 e. The number of benzene rings is 4. The summed E-state index contributed by atoms with van der Waals surface area (Å²) in [5, 5.41) is 2.19. The highest BCUT2D eigenvalue weighted by atomic mass is 16.3. The molecule has 0 saturated carbocycles. The summed E-state index contributed by atoms with van der Waals surface area (Å²) in [6, 6.07) is 27.8. The molecule has 4 aromatic carbocycles. The summed E-state index contributed by atoms with van der Waals surface area (Å²) in [7, 11) is 0. The van der Waals surface area contributed by atoms with Gasteiger partial charge in [0.15, 0.2) is 5.58 Å². The maximum atomic E-state index is 6.22.